The lowest BCUT2D eigenvalue weighted by molar-refractivity contribution is -0.146. The van der Waals surface area contributed by atoms with Crippen molar-refractivity contribution in [3.8, 4) is 5.75 Å². The molecule has 0 heterocycles. The van der Waals surface area contributed by atoms with Crippen molar-refractivity contribution in [1.29, 1.82) is 0 Å². The topological polar surface area (TPSA) is 64.6 Å². The molecule has 1 N–H and O–H groups in total. The summed E-state index contributed by atoms with van der Waals surface area (Å²) in [6, 6.07) is 12.9. The van der Waals surface area contributed by atoms with E-state index in [0.29, 0.717) is 5.69 Å². The minimum Gasteiger partial charge on any atom is -0.497 e. The van der Waals surface area contributed by atoms with Crippen LogP contribution in [-0.2, 0) is 20.7 Å². The molecule has 0 aliphatic heterocycles. The van der Waals surface area contributed by atoms with E-state index >= 15 is 0 Å². The van der Waals surface area contributed by atoms with Crippen molar-refractivity contribution < 1.29 is 19.1 Å². The molecule has 1 amide bonds. The molecule has 0 atom stereocenters. The zero-order chi connectivity index (χ0) is 17.5. The number of aryl methyl sites for hydroxylation is 2. The third-order valence-corrected chi connectivity index (χ3v) is 3.38. The molecule has 0 spiro atoms. The van der Waals surface area contributed by atoms with Crippen LogP contribution in [0.4, 0.5) is 5.69 Å². The van der Waals surface area contributed by atoms with Gasteiger partial charge in [-0.2, -0.15) is 0 Å². The number of hydrogen-bond acceptors (Lipinski definition) is 4. The summed E-state index contributed by atoms with van der Waals surface area (Å²) in [5.41, 5.74) is 3.61. The summed E-state index contributed by atoms with van der Waals surface area (Å²) < 4.78 is 10.1. The lowest BCUT2D eigenvalue weighted by Crippen LogP contribution is -2.21. The molecule has 5 heteroatoms. The number of nitrogens with one attached hydrogen (secondary N) is 1. The first-order valence-electron chi connectivity index (χ1n) is 7.63. The van der Waals surface area contributed by atoms with Gasteiger partial charge >= 0.3 is 5.97 Å². The number of hydrogen-bond donors (Lipinski definition) is 1. The Morgan fingerprint density at radius 3 is 2.21 bits per heavy atom. The smallest absolute Gasteiger partial charge is 0.310 e. The van der Waals surface area contributed by atoms with Crippen molar-refractivity contribution in [1.82, 2.24) is 0 Å². The molecular formula is C19H21NO4. The third kappa shape index (κ3) is 5.43. The Balaban J connectivity index is 1.81. The highest BCUT2D eigenvalue weighted by molar-refractivity contribution is 5.93. The van der Waals surface area contributed by atoms with Crippen molar-refractivity contribution in [3.05, 3.63) is 59.2 Å². The van der Waals surface area contributed by atoms with E-state index in [4.69, 9.17) is 9.47 Å². The zero-order valence-electron chi connectivity index (χ0n) is 14.1. The van der Waals surface area contributed by atoms with Crippen LogP contribution >= 0.6 is 0 Å². The van der Waals surface area contributed by atoms with Gasteiger partial charge in [-0.25, -0.2) is 0 Å². The van der Waals surface area contributed by atoms with Crippen LogP contribution < -0.4 is 10.1 Å². The van der Waals surface area contributed by atoms with Crippen molar-refractivity contribution in [2.75, 3.05) is 19.0 Å². The fraction of sp³-hybridized carbons (Fsp3) is 0.263. The summed E-state index contributed by atoms with van der Waals surface area (Å²) >= 11 is 0. The van der Waals surface area contributed by atoms with Gasteiger partial charge in [-0.05, 0) is 54.8 Å². The molecule has 5 nitrogen and oxygen atoms in total. The van der Waals surface area contributed by atoms with Crippen LogP contribution in [0.3, 0.4) is 0 Å². The van der Waals surface area contributed by atoms with E-state index in [0.717, 1.165) is 22.4 Å². The SMILES string of the molecule is COc1ccc(CC(=O)OCC(=O)Nc2cc(C)cc(C)c2)cc1. The standard InChI is InChI=1S/C19H21NO4/c1-13-8-14(2)10-16(9-13)20-18(21)12-24-19(22)11-15-4-6-17(23-3)7-5-15/h4-10H,11-12H2,1-3H3,(H,20,21). The van der Waals surface area contributed by atoms with Gasteiger partial charge in [-0.3, -0.25) is 9.59 Å². The van der Waals surface area contributed by atoms with Crippen LogP contribution in [0.1, 0.15) is 16.7 Å². The number of benzene rings is 2. The molecule has 2 aromatic rings. The van der Waals surface area contributed by atoms with Gasteiger partial charge in [0.1, 0.15) is 5.75 Å². The summed E-state index contributed by atoms with van der Waals surface area (Å²) in [5, 5.41) is 2.73. The van der Waals surface area contributed by atoms with E-state index in [9.17, 15) is 9.59 Å². The van der Waals surface area contributed by atoms with E-state index in [1.807, 2.05) is 32.0 Å². The normalized spacial score (nSPS) is 10.1. The number of rotatable bonds is 6. The highest BCUT2D eigenvalue weighted by Gasteiger charge is 2.09. The average Bonchev–Trinajstić information content (AvgIpc) is 2.53. The molecule has 2 aromatic carbocycles. The first-order valence-corrected chi connectivity index (χ1v) is 7.63. The van der Waals surface area contributed by atoms with Crippen LogP contribution in [0.2, 0.25) is 0 Å². The van der Waals surface area contributed by atoms with E-state index in [-0.39, 0.29) is 18.9 Å². The number of ether oxygens (including phenoxy) is 2. The van der Waals surface area contributed by atoms with Crippen LogP contribution in [0.25, 0.3) is 0 Å². The van der Waals surface area contributed by atoms with Gasteiger partial charge in [0.2, 0.25) is 0 Å². The second-order valence-electron chi connectivity index (χ2n) is 5.61. The van der Waals surface area contributed by atoms with Gasteiger partial charge in [0.15, 0.2) is 6.61 Å². The largest absolute Gasteiger partial charge is 0.497 e. The maximum absolute atomic E-state index is 11.9. The minimum absolute atomic E-state index is 0.112. The second-order valence-corrected chi connectivity index (χ2v) is 5.61. The Morgan fingerprint density at radius 2 is 1.62 bits per heavy atom. The number of carbonyl (C=O) groups is 2. The van der Waals surface area contributed by atoms with Crippen LogP contribution in [0.15, 0.2) is 42.5 Å². The lowest BCUT2D eigenvalue weighted by atomic mass is 10.1. The number of amides is 1. The Hall–Kier alpha value is -2.82. The van der Waals surface area contributed by atoms with E-state index < -0.39 is 5.97 Å². The maximum Gasteiger partial charge on any atom is 0.310 e. The molecule has 0 unspecified atom stereocenters. The molecule has 0 bridgehead atoms. The lowest BCUT2D eigenvalue weighted by Gasteiger charge is -2.08. The number of methoxy groups -OCH3 is 1. The summed E-state index contributed by atoms with van der Waals surface area (Å²) in [6.45, 7) is 3.61. The van der Waals surface area contributed by atoms with Crippen LogP contribution in [0.5, 0.6) is 5.75 Å². The van der Waals surface area contributed by atoms with Crippen molar-refractivity contribution in [2.24, 2.45) is 0 Å². The molecule has 2 rings (SSSR count). The quantitative estimate of drug-likeness (QED) is 0.828. The summed E-state index contributed by atoms with van der Waals surface area (Å²) in [7, 11) is 1.58. The summed E-state index contributed by atoms with van der Waals surface area (Å²) in [4.78, 5) is 23.7. The first-order chi connectivity index (χ1) is 11.5. The molecule has 0 aliphatic rings. The van der Waals surface area contributed by atoms with Crippen molar-refractivity contribution in [3.63, 3.8) is 0 Å². The molecule has 0 saturated carbocycles. The van der Waals surface area contributed by atoms with Gasteiger partial charge in [0.25, 0.3) is 5.91 Å². The third-order valence-electron chi connectivity index (χ3n) is 3.38. The van der Waals surface area contributed by atoms with Gasteiger partial charge in [-0.15, -0.1) is 0 Å². The summed E-state index contributed by atoms with van der Waals surface area (Å²) in [6.07, 6.45) is 0.112. The minimum atomic E-state index is -0.448. The monoisotopic (exact) mass is 327 g/mol. The maximum atomic E-state index is 11.9. The first kappa shape index (κ1) is 17.5. The molecule has 0 saturated heterocycles. The second kappa shape index (κ2) is 8.15. The molecule has 0 fully saturated rings. The van der Waals surface area contributed by atoms with E-state index in [1.165, 1.54) is 0 Å². The van der Waals surface area contributed by atoms with Crippen LogP contribution in [-0.4, -0.2) is 25.6 Å². The highest BCUT2D eigenvalue weighted by Crippen LogP contribution is 2.14. The molecule has 0 radical (unpaired) electrons. The molecule has 0 aromatic heterocycles. The zero-order valence-corrected chi connectivity index (χ0v) is 14.1. The van der Waals surface area contributed by atoms with Gasteiger partial charge < -0.3 is 14.8 Å². The van der Waals surface area contributed by atoms with Gasteiger partial charge in [0.05, 0.1) is 13.5 Å². The Morgan fingerprint density at radius 1 is 1.00 bits per heavy atom. The molecular weight excluding hydrogens is 306 g/mol. The fourth-order valence-corrected chi connectivity index (χ4v) is 2.35. The predicted molar refractivity (Wildman–Crippen MR) is 92.2 cm³/mol. The van der Waals surface area contributed by atoms with E-state index in [2.05, 4.69) is 5.32 Å². The number of esters is 1. The fourth-order valence-electron chi connectivity index (χ4n) is 2.35. The molecule has 0 aliphatic carbocycles. The van der Waals surface area contributed by atoms with Gasteiger partial charge in [0, 0.05) is 5.69 Å². The number of carbonyl (C=O) groups excluding carboxylic acids is 2. The Labute approximate surface area is 141 Å². The summed E-state index contributed by atoms with van der Waals surface area (Å²) in [5.74, 6) is -0.0845. The Bertz CT molecular complexity index is 702. The van der Waals surface area contributed by atoms with Crippen molar-refractivity contribution >= 4 is 17.6 Å². The number of anilines is 1. The predicted octanol–water partition coefficient (Wildman–Crippen LogP) is 3.04. The van der Waals surface area contributed by atoms with Gasteiger partial charge in [-0.1, -0.05) is 18.2 Å². The van der Waals surface area contributed by atoms with Crippen molar-refractivity contribution in [2.45, 2.75) is 20.3 Å². The average molecular weight is 327 g/mol. The Kier molecular flexibility index (Phi) is 5.95. The molecule has 126 valence electrons. The van der Waals surface area contributed by atoms with Crippen LogP contribution in [0, 0.1) is 13.8 Å². The highest BCUT2D eigenvalue weighted by atomic mass is 16.5. The van der Waals surface area contributed by atoms with E-state index in [1.54, 1.807) is 31.4 Å². The molecule has 24 heavy (non-hydrogen) atoms.